The third-order valence-corrected chi connectivity index (χ3v) is 8.33. The molecule has 0 saturated carbocycles. The number of nitrogens with one attached hydrogen (secondary N) is 1. The van der Waals surface area contributed by atoms with Gasteiger partial charge >= 0.3 is 98.4 Å². The molecule has 1 N–H and O–H groups in total. The Hall–Kier alpha value is 1.03. The van der Waals surface area contributed by atoms with Crippen LogP contribution >= 0.6 is 11.8 Å². The van der Waals surface area contributed by atoms with Crippen LogP contribution in [-0.2, 0) is 0 Å². The molecule has 0 heterocycles. The molecule has 19 heavy (non-hydrogen) atoms. The van der Waals surface area contributed by atoms with Crippen LogP contribution in [-0.4, -0.2) is 59.0 Å². The zero-order chi connectivity index (χ0) is 15.4. The summed E-state index contributed by atoms with van der Waals surface area (Å²) >= 11 is 2.10. The van der Waals surface area contributed by atoms with Crippen molar-refractivity contribution in [3.63, 3.8) is 0 Å². The Morgan fingerprint density at radius 2 is 1.63 bits per heavy atom. The van der Waals surface area contributed by atoms with Crippen molar-refractivity contribution in [3.8, 4) is 0 Å². The maximum Gasteiger partial charge on any atom is -0.0809 e. The summed E-state index contributed by atoms with van der Waals surface area (Å²) in [6.45, 7) is 12.3. The van der Waals surface area contributed by atoms with Gasteiger partial charge in [-0.2, -0.15) is 0 Å². The summed E-state index contributed by atoms with van der Waals surface area (Å²) in [6.07, 6.45) is 0. The van der Waals surface area contributed by atoms with Crippen LogP contribution < -0.4 is 15.5 Å². The van der Waals surface area contributed by atoms with Gasteiger partial charge in [-0.1, -0.05) is 13.8 Å². The molecule has 0 aliphatic rings. The van der Waals surface area contributed by atoms with Crippen LogP contribution in [0.3, 0.4) is 0 Å². The summed E-state index contributed by atoms with van der Waals surface area (Å²) in [6, 6.07) is 0. The molecular formula is C14H33NO2SSn. The van der Waals surface area contributed by atoms with Crippen molar-refractivity contribution in [2.75, 3.05) is 37.8 Å². The molecule has 0 aromatic carbocycles. The largest absolute Gasteiger partial charge is 0.855 e. The van der Waals surface area contributed by atoms with Gasteiger partial charge in [-0.05, 0) is 0 Å². The molecule has 0 spiro atoms. The van der Waals surface area contributed by atoms with Crippen molar-refractivity contribution in [2.45, 2.75) is 43.5 Å². The minimum Gasteiger partial charge on any atom is -0.855 e. The van der Waals surface area contributed by atoms with E-state index in [0.717, 1.165) is 12.5 Å². The first-order valence-corrected chi connectivity index (χ1v) is 12.5. The molecule has 3 nitrogen and oxygen atoms in total. The quantitative estimate of drug-likeness (QED) is 0.470. The Labute approximate surface area is 135 Å². The molecule has 0 fully saturated rings. The van der Waals surface area contributed by atoms with Crippen molar-refractivity contribution in [1.82, 2.24) is 5.32 Å². The molecule has 0 radical (unpaired) electrons. The number of thioether (sulfide) groups is 1. The van der Waals surface area contributed by atoms with Crippen molar-refractivity contribution in [1.29, 1.82) is 0 Å². The Morgan fingerprint density at radius 1 is 1.11 bits per heavy atom. The maximum atomic E-state index is 8.93. The molecule has 0 aliphatic heterocycles. The number of hydrogen-bond acceptors (Lipinski definition) is 4. The van der Waals surface area contributed by atoms with E-state index < -0.39 is 0 Å². The summed E-state index contributed by atoms with van der Waals surface area (Å²) < 4.78 is 3.12. The Bertz CT molecular complexity index is 130. The Kier molecular flexibility index (Phi) is 36.0. The first-order valence-electron chi connectivity index (χ1n) is 7.29. The molecule has 0 saturated heterocycles. The van der Waals surface area contributed by atoms with Crippen LogP contribution in [0.25, 0.3) is 0 Å². The van der Waals surface area contributed by atoms with E-state index in [1.807, 2.05) is 0 Å². The van der Waals surface area contributed by atoms with E-state index in [4.69, 9.17) is 10.2 Å². The number of rotatable bonds is 9. The maximum absolute atomic E-state index is 8.93. The summed E-state index contributed by atoms with van der Waals surface area (Å²) in [5, 5.41) is 21.3. The molecule has 0 bridgehead atoms. The fourth-order valence-corrected chi connectivity index (χ4v) is 6.55. The smallest absolute Gasteiger partial charge is 0.0809 e. The Morgan fingerprint density at radius 3 is 2.05 bits per heavy atom. The predicted molar refractivity (Wildman–Crippen MR) is 87.2 cm³/mol. The van der Waals surface area contributed by atoms with E-state index in [9.17, 15) is 0 Å². The average molecular weight is 398 g/mol. The van der Waals surface area contributed by atoms with E-state index in [1.54, 1.807) is 22.7 Å². The van der Waals surface area contributed by atoms with Crippen LogP contribution in [0.5, 0.6) is 0 Å². The number of hydrogen-bond donors (Lipinski definition) is 1. The van der Waals surface area contributed by atoms with Gasteiger partial charge < -0.3 is 10.2 Å². The van der Waals surface area contributed by atoms with Crippen molar-refractivity contribution >= 4 is 32.9 Å². The summed E-state index contributed by atoms with van der Waals surface area (Å²) in [5.74, 6) is 3.65. The molecule has 0 aromatic rings. The molecule has 0 aromatic heterocycles. The van der Waals surface area contributed by atoms with E-state index in [-0.39, 0.29) is 34.4 Å². The van der Waals surface area contributed by atoms with Crippen LogP contribution in [0.2, 0.25) is 8.87 Å². The summed E-state index contributed by atoms with van der Waals surface area (Å²) in [5.41, 5.74) is 0. The zero-order valence-corrected chi connectivity index (χ0v) is 17.1. The molecule has 0 amide bonds. The van der Waals surface area contributed by atoms with Gasteiger partial charge in [0.05, 0.1) is 0 Å². The summed E-state index contributed by atoms with van der Waals surface area (Å²) in [4.78, 5) is 0. The van der Waals surface area contributed by atoms with Crippen LogP contribution in [0, 0.1) is 5.92 Å². The topological polar surface area (TPSA) is 58.1 Å². The normalized spacial score (nSPS) is 10.5. The van der Waals surface area contributed by atoms with Gasteiger partial charge in [0.2, 0.25) is 0 Å². The van der Waals surface area contributed by atoms with Gasteiger partial charge in [0, 0.05) is 0 Å². The van der Waals surface area contributed by atoms with Gasteiger partial charge in [-0.3, -0.25) is 0 Å². The third-order valence-electron chi connectivity index (χ3n) is 1.86. The average Bonchev–Trinajstić information content (AvgIpc) is 2.38. The van der Waals surface area contributed by atoms with Gasteiger partial charge in [0.25, 0.3) is 0 Å². The molecule has 1 atom stereocenters. The van der Waals surface area contributed by atoms with E-state index >= 15 is 0 Å². The minimum absolute atomic E-state index is 0. The van der Waals surface area contributed by atoms with Crippen LogP contribution in [0.1, 0.15) is 34.6 Å². The van der Waals surface area contributed by atoms with Gasteiger partial charge in [0.15, 0.2) is 0 Å². The molecule has 0 rings (SSSR count). The van der Waals surface area contributed by atoms with E-state index in [1.165, 1.54) is 18.1 Å². The second-order valence-electron chi connectivity index (χ2n) is 3.89. The van der Waals surface area contributed by atoms with E-state index in [0.29, 0.717) is 0 Å². The zero-order valence-electron chi connectivity index (χ0n) is 13.5. The molecule has 0 aliphatic carbocycles. The van der Waals surface area contributed by atoms with Crippen molar-refractivity contribution in [3.05, 3.63) is 0 Å². The molecular weight excluding hydrogens is 365 g/mol. The standard InChI is InChI=1S/C6H14N.C4H9S.2C2H5O.Sn/c1-4-7-5-6(2)3;1-3-5-4-2;2*1-2-3;/h6-7H,2,4-5H2,1,3H3;1,3-4H2,2H3;2*2H2,1H3;/q;;2*-1;+2. The van der Waals surface area contributed by atoms with Crippen LogP contribution in [0.15, 0.2) is 0 Å². The predicted octanol–water partition coefficient (Wildman–Crippen LogP) is 1.26. The van der Waals surface area contributed by atoms with Gasteiger partial charge in [0.1, 0.15) is 0 Å². The summed E-state index contributed by atoms with van der Waals surface area (Å²) in [7, 11) is 0. The van der Waals surface area contributed by atoms with Crippen molar-refractivity contribution < 1.29 is 10.2 Å². The van der Waals surface area contributed by atoms with Crippen molar-refractivity contribution in [2.24, 2.45) is 5.92 Å². The second kappa shape index (κ2) is 27.4. The van der Waals surface area contributed by atoms with E-state index in [2.05, 4.69) is 37.8 Å². The first-order chi connectivity index (χ1) is 9.14. The second-order valence-corrected chi connectivity index (χ2v) is 9.30. The van der Waals surface area contributed by atoms with Crippen LogP contribution in [0.4, 0.5) is 0 Å². The fraction of sp³-hybridized carbons (Fsp3) is 1.00. The van der Waals surface area contributed by atoms with Gasteiger partial charge in [-0.25, -0.2) is 0 Å². The fourth-order valence-electron chi connectivity index (χ4n) is 1.10. The SMILES string of the molecule is CCNCC(C)[CH2][Sn+2][CH2]CSCC.CC[O-].CC[O-]. The monoisotopic (exact) mass is 399 g/mol. The Balaban J connectivity index is -0.000000360. The third kappa shape index (κ3) is 38.1. The minimum atomic E-state index is -0.00232. The van der Waals surface area contributed by atoms with Gasteiger partial charge in [-0.15, -0.1) is 13.2 Å². The molecule has 116 valence electrons. The first kappa shape index (κ1) is 25.0. The molecule has 1 unspecified atom stereocenters. The molecule has 5 heteroatoms.